The zero-order chi connectivity index (χ0) is 13.2. The van der Waals surface area contributed by atoms with Crippen LogP contribution in [0.2, 0.25) is 0 Å². The lowest BCUT2D eigenvalue weighted by molar-refractivity contribution is -0.139. The van der Waals surface area contributed by atoms with Gasteiger partial charge in [0, 0.05) is 18.5 Å². The number of ether oxygens (including phenoxy) is 1. The minimum Gasteiger partial charge on any atom is -0.469 e. The Hall–Kier alpha value is -1.10. The highest BCUT2D eigenvalue weighted by Crippen LogP contribution is 2.36. The third-order valence-electron chi connectivity index (χ3n) is 3.71. The van der Waals surface area contributed by atoms with E-state index in [1.807, 2.05) is 5.38 Å². The maximum Gasteiger partial charge on any atom is 0.311 e. The summed E-state index contributed by atoms with van der Waals surface area (Å²) < 4.78 is 4.69. The van der Waals surface area contributed by atoms with Gasteiger partial charge < -0.3 is 9.64 Å². The van der Waals surface area contributed by atoms with Gasteiger partial charge in [0.25, 0.3) is 0 Å². The normalized spacial score (nSPS) is 18.4. The van der Waals surface area contributed by atoms with Crippen molar-refractivity contribution >= 4 is 22.4 Å². The molecule has 0 spiro atoms. The third kappa shape index (κ3) is 3.69. The fourth-order valence-corrected chi connectivity index (χ4v) is 3.04. The minimum atomic E-state index is -0.215. The predicted molar refractivity (Wildman–Crippen MR) is 75.5 cm³/mol. The number of nitrogens with zero attached hydrogens (tertiary/aromatic N) is 2. The molecule has 0 saturated heterocycles. The monoisotopic (exact) mass is 280 g/mol. The van der Waals surface area contributed by atoms with Crippen LogP contribution in [0.15, 0.2) is 5.38 Å². The maximum atomic E-state index is 11.3. The van der Waals surface area contributed by atoms with Gasteiger partial charge in [0.05, 0.1) is 19.2 Å². The first-order chi connectivity index (χ1) is 9.24. The average molecular weight is 280 g/mol. The lowest BCUT2D eigenvalue weighted by Gasteiger charge is -2.21. The Kier molecular flexibility index (Phi) is 3.73. The van der Waals surface area contributed by atoms with E-state index in [0.29, 0.717) is 0 Å². The first-order valence-corrected chi connectivity index (χ1v) is 7.88. The molecule has 3 rings (SSSR count). The van der Waals surface area contributed by atoms with Crippen molar-refractivity contribution in [3.63, 3.8) is 0 Å². The lowest BCUT2D eigenvalue weighted by Crippen LogP contribution is -2.28. The molecule has 1 heterocycles. The van der Waals surface area contributed by atoms with Crippen LogP contribution in [0.25, 0.3) is 0 Å². The molecular weight excluding hydrogens is 260 g/mol. The summed E-state index contributed by atoms with van der Waals surface area (Å²) in [5, 5.41) is 3.07. The van der Waals surface area contributed by atoms with E-state index in [2.05, 4.69) is 14.6 Å². The summed E-state index contributed by atoms with van der Waals surface area (Å²) >= 11 is 1.66. The zero-order valence-corrected chi connectivity index (χ0v) is 12.1. The van der Waals surface area contributed by atoms with Crippen LogP contribution in [-0.4, -0.2) is 31.2 Å². The first-order valence-electron chi connectivity index (χ1n) is 7.00. The molecule has 5 heteroatoms. The molecule has 0 radical (unpaired) electrons. The molecule has 104 valence electrons. The molecule has 2 saturated carbocycles. The van der Waals surface area contributed by atoms with Gasteiger partial charge in [-0.05, 0) is 37.5 Å². The second-order valence-electron chi connectivity index (χ2n) is 5.67. The van der Waals surface area contributed by atoms with Crippen LogP contribution in [0, 0.1) is 11.8 Å². The molecule has 2 fully saturated rings. The van der Waals surface area contributed by atoms with E-state index in [1.54, 1.807) is 11.3 Å². The van der Waals surface area contributed by atoms with Crippen molar-refractivity contribution in [2.75, 3.05) is 25.1 Å². The van der Waals surface area contributed by atoms with Gasteiger partial charge in [-0.2, -0.15) is 0 Å². The molecule has 4 nitrogen and oxygen atoms in total. The number of esters is 1. The Morgan fingerprint density at radius 3 is 2.53 bits per heavy atom. The standard InChI is InChI=1S/C14H20N2O2S/c1-18-13(17)6-12-9-19-14(15-12)16(7-10-2-3-10)8-11-4-5-11/h9-11H,2-8H2,1H3. The van der Waals surface area contributed by atoms with E-state index in [4.69, 9.17) is 0 Å². The van der Waals surface area contributed by atoms with Gasteiger partial charge in [0.2, 0.25) is 0 Å². The van der Waals surface area contributed by atoms with Gasteiger partial charge in [-0.15, -0.1) is 11.3 Å². The highest BCUT2D eigenvalue weighted by Gasteiger charge is 2.30. The number of aromatic nitrogens is 1. The van der Waals surface area contributed by atoms with E-state index in [1.165, 1.54) is 32.8 Å². The Balaban J connectivity index is 1.64. The fourth-order valence-electron chi connectivity index (χ4n) is 2.20. The van der Waals surface area contributed by atoms with Crippen molar-refractivity contribution < 1.29 is 9.53 Å². The number of carbonyl (C=O) groups excluding carboxylic acids is 1. The Morgan fingerprint density at radius 2 is 2.00 bits per heavy atom. The van der Waals surface area contributed by atoms with Crippen molar-refractivity contribution in [1.29, 1.82) is 0 Å². The molecule has 2 aliphatic rings. The van der Waals surface area contributed by atoms with Gasteiger partial charge in [-0.3, -0.25) is 4.79 Å². The molecule has 1 aromatic rings. The number of carbonyl (C=O) groups is 1. The zero-order valence-electron chi connectivity index (χ0n) is 11.3. The summed E-state index contributed by atoms with van der Waals surface area (Å²) in [6.45, 7) is 2.28. The SMILES string of the molecule is COC(=O)Cc1csc(N(CC2CC2)CC2CC2)n1. The highest BCUT2D eigenvalue weighted by atomic mass is 32.1. The topological polar surface area (TPSA) is 42.4 Å². The Morgan fingerprint density at radius 1 is 1.37 bits per heavy atom. The van der Waals surface area contributed by atoms with E-state index < -0.39 is 0 Å². The van der Waals surface area contributed by atoms with Crippen LogP contribution in [0.3, 0.4) is 0 Å². The quantitative estimate of drug-likeness (QED) is 0.720. The minimum absolute atomic E-state index is 0.215. The van der Waals surface area contributed by atoms with Crippen LogP contribution in [0.5, 0.6) is 0 Å². The summed E-state index contributed by atoms with van der Waals surface area (Å²) in [5.74, 6) is 1.52. The molecule has 0 unspecified atom stereocenters. The Labute approximate surface area is 117 Å². The van der Waals surface area contributed by atoms with Gasteiger partial charge in [0.15, 0.2) is 5.13 Å². The molecule has 2 aliphatic carbocycles. The molecule has 0 atom stereocenters. The van der Waals surface area contributed by atoms with Crippen LogP contribution in [-0.2, 0) is 16.0 Å². The van der Waals surface area contributed by atoms with Crippen molar-refractivity contribution in [2.45, 2.75) is 32.1 Å². The van der Waals surface area contributed by atoms with Crippen LogP contribution >= 0.6 is 11.3 Å². The predicted octanol–water partition coefficient (Wildman–Crippen LogP) is 2.49. The van der Waals surface area contributed by atoms with Gasteiger partial charge in [-0.25, -0.2) is 4.98 Å². The summed E-state index contributed by atoms with van der Waals surface area (Å²) in [5.41, 5.74) is 0.837. The molecule has 19 heavy (non-hydrogen) atoms. The van der Waals surface area contributed by atoms with Crippen molar-refractivity contribution in [1.82, 2.24) is 4.98 Å². The molecule has 0 N–H and O–H groups in total. The molecule has 0 bridgehead atoms. The largest absolute Gasteiger partial charge is 0.469 e. The number of hydrogen-bond donors (Lipinski definition) is 0. The molecule has 0 aliphatic heterocycles. The number of anilines is 1. The van der Waals surface area contributed by atoms with E-state index in [0.717, 1.165) is 35.8 Å². The molecule has 0 amide bonds. The average Bonchev–Trinajstić information content (AvgIpc) is 3.32. The van der Waals surface area contributed by atoms with E-state index >= 15 is 0 Å². The second kappa shape index (κ2) is 5.49. The summed E-state index contributed by atoms with van der Waals surface area (Å²) in [4.78, 5) is 18.3. The van der Waals surface area contributed by atoms with Crippen molar-refractivity contribution in [3.05, 3.63) is 11.1 Å². The van der Waals surface area contributed by atoms with E-state index in [9.17, 15) is 4.79 Å². The smallest absolute Gasteiger partial charge is 0.311 e. The van der Waals surface area contributed by atoms with Crippen LogP contribution in [0.4, 0.5) is 5.13 Å². The third-order valence-corrected chi connectivity index (χ3v) is 4.66. The molecular formula is C14H20N2O2S. The van der Waals surface area contributed by atoms with Crippen molar-refractivity contribution in [2.24, 2.45) is 11.8 Å². The highest BCUT2D eigenvalue weighted by molar-refractivity contribution is 7.13. The maximum absolute atomic E-state index is 11.3. The van der Waals surface area contributed by atoms with Crippen LogP contribution < -0.4 is 4.90 Å². The van der Waals surface area contributed by atoms with Crippen LogP contribution in [0.1, 0.15) is 31.4 Å². The molecule has 0 aromatic carbocycles. The van der Waals surface area contributed by atoms with Gasteiger partial charge in [0.1, 0.15) is 0 Å². The number of methoxy groups -OCH3 is 1. The summed E-state index contributed by atoms with van der Waals surface area (Å²) in [6, 6.07) is 0. The summed E-state index contributed by atoms with van der Waals surface area (Å²) in [6.07, 6.45) is 5.74. The lowest BCUT2D eigenvalue weighted by atomic mass is 10.3. The van der Waals surface area contributed by atoms with Gasteiger partial charge >= 0.3 is 5.97 Å². The van der Waals surface area contributed by atoms with E-state index in [-0.39, 0.29) is 12.4 Å². The fraction of sp³-hybridized carbons (Fsp3) is 0.714. The van der Waals surface area contributed by atoms with Gasteiger partial charge in [-0.1, -0.05) is 0 Å². The Bertz CT molecular complexity index is 438. The molecule has 1 aromatic heterocycles. The number of hydrogen-bond acceptors (Lipinski definition) is 5. The first kappa shape index (κ1) is 12.9. The number of thiazole rings is 1. The number of rotatable bonds is 7. The summed E-state index contributed by atoms with van der Waals surface area (Å²) in [7, 11) is 1.42. The van der Waals surface area contributed by atoms with Crippen molar-refractivity contribution in [3.8, 4) is 0 Å². The second-order valence-corrected chi connectivity index (χ2v) is 6.50.